The second kappa shape index (κ2) is 6.77. The molecule has 0 aliphatic heterocycles. The number of pyridine rings is 1. The van der Waals surface area contributed by atoms with Crippen molar-refractivity contribution in [3.63, 3.8) is 0 Å². The highest BCUT2D eigenvalue weighted by Gasteiger charge is 2.10. The molecule has 0 bridgehead atoms. The minimum atomic E-state index is 0.535. The van der Waals surface area contributed by atoms with E-state index in [1.807, 2.05) is 12.1 Å². The SMILES string of the molecule is CC(C)CN(CCC(N)=S)c1ccc(Cl)cn1. The average Bonchev–Trinajstić information content (AvgIpc) is 2.25. The van der Waals surface area contributed by atoms with E-state index in [0.29, 0.717) is 22.3 Å². The van der Waals surface area contributed by atoms with Crippen LogP contribution in [0, 0.1) is 5.92 Å². The number of nitrogens with two attached hydrogens (primary N) is 1. The van der Waals surface area contributed by atoms with Crippen LogP contribution in [0.15, 0.2) is 18.3 Å². The Kier molecular flexibility index (Phi) is 5.65. The molecule has 3 nitrogen and oxygen atoms in total. The molecule has 0 spiro atoms. The van der Waals surface area contributed by atoms with Crippen molar-refractivity contribution in [2.45, 2.75) is 20.3 Å². The van der Waals surface area contributed by atoms with E-state index in [-0.39, 0.29) is 0 Å². The van der Waals surface area contributed by atoms with Gasteiger partial charge >= 0.3 is 0 Å². The van der Waals surface area contributed by atoms with Crippen LogP contribution in [0.1, 0.15) is 20.3 Å². The third-order valence-corrected chi connectivity index (χ3v) is 2.68. The van der Waals surface area contributed by atoms with Crippen LogP contribution in [0.3, 0.4) is 0 Å². The van der Waals surface area contributed by atoms with Gasteiger partial charge in [0.1, 0.15) is 5.82 Å². The average molecular weight is 272 g/mol. The van der Waals surface area contributed by atoms with E-state index in [1.54, 1.807) is 6.20 Å². The van der Waals surface area contributed by atoms with E-state index in [0.717, 1.165) is 18.9 Å². The van der Waals surface area contributed by atoms with E-state index < -0.39 is 0 Å². The minimum Gasteiger partial charge on any atom is -0.393 e. The number of thiocarbonyl (C=S) groups is 1. The molecule has 2 N–H and O–H groups in total. The molecule has 0 saturated heterocycles. The third kappa shape index (κ3) is 5.33. The van der Waals surface area contributed by atoms with Gasteiger partial charge in [-0.15, -0.1) is 0 Å². The van der Waals surface area contributed by atoms with Gasteiger partial charge in [0.25, 0.3) is 0 Å². The first-order valence-corrected chi connectivity index (χ1v) is 6.42. The van der Waals surface area contributed by atoms with E-state index in [1.165, 1.54) is 0 Å². The number of anilines is 1. The molecule has 0 aliphatic rings. The van der Waals surface area contributed by atoms with Gasteiger partial charge in [-0.05, 0) is 18.1 Å². The predicted octanol–water partition coefficient (Wildman–Crippen LogP) is 2.87. The lowest BCUT2D eigenvalue weighted by Crippen LogP contribution is -2.31. The number of aromatic nitrogens is 1. The van der Waals surface area contributed by atoms with Crippen LogP contribution in [-0.4, -0.2) is 23.1 Å². The molecule has 1 heterocycles. The summed E-state index contributed by atoms with van der Waals surface area (Å²) >= 11 is 10.7. The van der Waals surface area contributed by atoms with Crippen LogP contribution in [0.4, 0.5) is 5.82 Å². The van der Waals surface area contributed by atoms with Crippen LogP contribution in [-0.2, 0) is 0 Å². The molecule has 0 aromatic carbocycles. The first kappa shape index (κ1) is 14.2. The Morgan fingerprint density at radius 1 is 1.53 bits per heavy atom. The first-order chi connectivity index (χ1) is 7.99. The number of nitrogens with zero attached hydrogens (tertiary/aromatic N) is 2. The van der Waals surface area contributed by atoms with Crippen molar-refractivity contribution in [1.29, 1.82) is 0 Å². The quantitative estimate of drug-likeness (QED) is 0.808. The van der Waals surface area contributed by atoms with Gasteiger partial charge in [-0.3, -0.25) is 0 Å². The Morgan fingerprint density at radius 3 is 2.71 bits per heavy atom. The van der Waals surface area contributed by atoms with Crippen molar-refractivity contribution in [2.24, 2.45) is 11.7 Å². The summed E-state index contributed by atoms with van der Waals surface area (Å²) in [4.78, 5) is 7.04. The fourth-order valence-corrected chi connectivity index (χ4v) is 1.74. The largest absolute Gasteiger partial charge is 0.393 e. The fourth-order valence-electron chi connectivity index (χ4n) is 1.54. The summed E-state index contributed by atoms with van der Waals surface area (Å²) in [5.74, 6) is 1.47. The maximum absolute atomic E-state index is 5.83. The van der Waals surface area contributed by atoms with E-state index in [9.17, 15) is 0 Å². The molecule has 94 valence electrons. The van der Waals surface area contributed by atoms with E-state index in [2.05, 4.69) is 23.7 Å². The molecule has 0 saturated carbocycles. The molecule has 1 aromatic rings. The summed E-state index contributed by atoms with van der Waals surface area (Å²) in [5, 5.41) is 0.646. The molecule has 17 heavy (non-hydrogen) atoms. The minimum absolute atomic E-state index is 0.535. The van der Waals surface area contributed by atoms with Gasteiger partial charge in [0.2, 0.25) is 0 Å². The maximum Gasteiger partial charge on any atom is 0.128 e. The van der Waals surface area contributed by atoms with E-state index in [4.69, 9.17) is 29.6 Å². The van der Waals surface area contributed by atoms with Crippen LogP contribution < -0.4 is 10.6 Å². The van der Waals surface area contributed by atoms with Gasteiger partial charge in [-0.25, -0.2) is 4.98 Å². The van der Waals surface area contributed by atoms with Crippen LogP contribution in [0.25, 0.3) is 0 Å². The molecular formula is C12H18ClN3S. The fraction of sp³-hybridized carbons (Fsp3) is 0.500. The normalized spacial score (nSPS) is 10.6. The van der Waals surface area contributed by atoms with Crippen molar-refractivity contribution in [2.75, 3.05) is 18.0 Å². The zero-order valence-corrected chi connectivity index (χ0v) is 11.8. The van der Waals surface area contributed by atoms with Crippen molar-refractivity contribution in [3.05, 3.63) is 23.4 Å². The molecule has 0 fully saturated rings. The van der Waals surface area contributed by atoms with Crippen molar-refractivity contribution >= 4 is 34.6 Å². The summed E-state index contributed by atoms with van der Waals surface area (Å²) in [6.07, 6.45) is 2.36. The summed E-state index contributed by atoms with van der Waals surface area (Å²) in [6, 6.07) is 3.77. The van der Waals surface area contributed by atoms with Crippen LogP contribution in [0.5, 0.6) is 0 Å². The lowest BCUT2D eigenvalue weighted by molar-refractivity contribution is 0.609. The molecule has 1 aromatic heterocycles. The van der Waals surface area contributed by atoms with Crippen LogP contribution in [0.2, 0.25) is 5.02 Å². The topological polar surface area (TPSA) is 42.1 Å². The molecule has 0 amide bonds. The summed E-state index contributed by atoms with van der Waals surface area (Å²) in [5.41, 5.74) is 5.54. The Labute approximate surface area is 113 Å². The lowest BCUT2D eigenvalue weighted by atomic mass is 10.2. The van der Waals surface area contributed by atoms with Crippen molar-refractivity contribution in [3.8, 4) is 0 Å². The van der Waals surface area contributed by atoms with Gasteiger partial charge in [0.15, 0.2) is 0 Å². The van der Waals surface area contributed by atoms with Crippen molar-refractivity contribution in [1.82, 2.24) is 4.98 Å². The Balaban J connectivity index is 2.74. The highest BCUT2D eigenvalue weighted by Crippen LogP contribution is 2.16. The highest BCUT2D eigenvalue weighted by atomic mass is 35.5. The number of halogens is 1. The van der Waals surface area contributed by atoms with Gasteiger partial charge in [-0.1, -0.05) is 37.7 Å². The molecule has 1 rings (SSSR count). The standard InChI is InChI=1S/C12H18ClN3S/c1-9(2)8-16(6-5-11(14)17)12-4-3-10(13)7-15-12/h3-4,7,9H,5-6,8H2,1-2H3,(H2,14,17). The van der Waals surface area contributed by atoms with Gasteiger partial charge in [0.05, 0.1) is 10.0 Å². The summed E-state index contributed by atoms with van der Waals surface area (Å²) in [6.45, 7) is 6.06. The molecule has 0 aliphatic carbocycles. The number of hydrogen-bond donors (Lipinski definition) is 1. The second-order valence-corrected chi connectivity index (χ2v) is 5.35. The second-order valence-electron chi connectivity index (χ2n) is 4.39. The highest BCUT2D eigenvalue weighted by molar-refractivity contribution is 7.80. The molecule has 0 atom stereocenters. The maximum atomic E-state index is 5.83. The zero-order valence-electron chi connectivity index (χ0n) is 10.2. The third-order valence-electron chi connectivity index (χ3n) is 2.25. The summed E-state index contributed by atoms with van der Waals surface area (Å²) in [7, 11) is 0. The molecule has 5 heteroatoms. The Morgan fingerprint density at radius 2 is 2.24 bits per heavy atom. The Bertz CT molecular complexity index is 365. The molecule has 0 unspecified atom stereocenters. The van der Waals surface area contributed by atoms with E-state index >= 15 is 0 Å². The monoisotopic (exact) mass is 271 g/mol. The lowest BCUT2D eigenvalue weighted by Gasteiger charge is -2.25. The summed E-state index contributed by atoms with van der Waals surface area (Å²) < 4.78 is 0. The van der Waals surface area contributed by atoms with Crippen molar-refractivity contribution < 1.29 is 0 Å². The predicted molar refractivity (Wildman–Crippen MR) is 77.7 cm³/mol. The van der Waals surface area contributed by atoms with Gasteiger partial charge < -0.3 is 10.6 Å². The van der Waals surface area contributed by atoms with Gasteiger partial charge in [0, 0.05) is 25.7 Å². The van der Waals surface area contributed by atoms with Crippen LogP contribution >= 0.6 is 23.8 Å². The zero-order chi connectivity index (χ0) is 12.8. The Hall–Kier alpha value is -0.870. The smallest absolute Gasteiger partial charge is 0.128 e. The first-order valence-electron chi connectivity index (χ1n) is 5.64. The number of hydrogen-bond acceptors (Lipinski definition) is 3. The van der Waals surface area contributed by atoms with Gasteiger partial charge in [-0.2, -0.15) is 0 Å². The molecular weight excluding hydrogens is 254 g/mol. The number of rotatable bonds is 6. The molecule has 0 radical (unpaired) electrons.